The molecule has 0 fully saturated rings. The summed E-state index contributed by atoms with van der Waals surface area (Å²) in [6, 6.07) is 15.6. The maximum Gasteiger partial charge on any atom is 0.258 e. The number of nitrogens with one attached hydrogen (secondary N) is 1. The zero-order valence-corrected chi connectivity index (χ0v) is 12.6. The fourth-order valence-electron chi connectivity index (χ4n) is 2.42. The number of anilines is 1. The number of rotatable bonds is 1. The molecule has 20 heavy (non-hydrogen) atoms. The molecule has 1 N–H and O–H groups in total. The van der Waals surface area contributed by atoms with Crippen LogP contribution in [-0.4, -0.2) is 19.0 Å². The SMILES string of the molecule is O=C(c1ccc(Br)cc1)N1CCNCc2ccccc21. The molecule has 0 aromatic heterocycles. The number of carbonyl (C=O) groups is 1. The molecule has 2 aromatic carbocycles. The highest BCUT2D eigenvalue weighted by Crippen LogP contribution is 2.24. The Hall–Kier alpha value is -1.65. The largest absolute Gasteiger partial charge is 0.311 e. The minimum atomic E-state index is 0.0497. The number of hydrogen-bond donors (Lipinski definition) is 1. The smallest absolute Gasteiger partial charge is 0.258 e. The van der Waals surface area contributed by atoms with Crippen molar-refractivity contribution in [1.82, 2.24) is 5.32 Å². The van der Waals surface area contributed by atoms with Crippen molar-refractivity contribution in [3.8, 4) is 0 Å². The zero-order chi connectivity index (χ0) is 13.9. The summed E-state index contributed by atoms with van der Waals surface area (Å²) in [5, 5.41) is 3.35. The molecule has 0 atom stereocenters. The Balaban J connectivity index is 1.97. The van der Waals surface area contributed by atoms with Gasteiger partial charge in [0.05, 0.1) is 0 Å². The third-order valence-electron chi connectivity index (χ3n) is 3.45. The molecule has 0 bridgehead atoms. The maximum absolute atomic E-state index is 12.7. The molecule has 1 amide bonds. The molecule has 102 valence electrons. The first-order valence-electron chi connectivity index (χ1n) is 6.62. The van der Waals surface area contributed by atoms with Gasteiger partial charge in [-0.1, -0.05) is 34.1 Å². The average molecular weight is 331 g/mol. The van der Waals surface area contributed by atoms with Gasteiger partial charge in [-0.15, -0.1) is 0 Å². The molecule has 0 saturated heterocycles. The molecule has 2 aromatic rings. The van der Waals surface area contributed by atoms with Gasteiger partial charge in [-0.05, 0) is 35.9 Å². The van der Waals surface area contributed by atoms with E-state index in [9.17, 15) is 4.79 Å². The number of benzene rings is 2. The monoisotopic (exact) mass is 330 g/mol. The Kier molecular flexibility index (Phi) is 3.85. The van der Waals surface area contributed by atoms with Crippen LogP contribution < -0.4 is 10.2 Å². The van der Waals surface area contributed by atoms with Crippen LogP contribution in [0.4, 0.5) is 5.69 Å². The molecule has 4 heteroatoms. The molecule has 3 rings (SSSR count). The molecule has 1 aliphatic heterocycles. The summed E-state index contributed by atoms with van der Waals surface area (Å²) in [5.74, 6) is 0.0497. The van der Waals surface area contributed by atoms with Gasteiger partial charge in [0.15, 0.2) is 0 Å². The van der Waals surface area contributed by atoms with Crippen molar-refractivity contribution >= 4 is 27.5 Å². The van der Waals surface area contributed by atoms with E-state index in [0.717, 1.165) is 28.8 Å². The van der Waals surface area contributed by atoms with Crippen LogP contribution in [0, 0.1) is 0 Å². The first kappa shape index (κ1) is 13.3. The van der Waals surface area contributed by atoms with E-state index in [2.05, 4.69) is 27.3 Å². The normalized spacial score (nSPS) is 14.6. The average Bonchev–Trinajstić information content (AvgIpc) is 2.69. The van der Waals surface area contributed by atoms with Crippen molar-refractivity contribution in [2.75, 3.05) is 18.0 Å². The van der Waals surface area contributed by atoms with Crippen LogP contribution >= 0.6 is 15.9 Å². The first-order chi connectivity index (χ1) is 9.75. The van der Waals surface area contributed by atoms with Crippen LogP contribution in [0.3, 0.4) is 0 Å². The molecule has 1 aliphatic rings. The minimum absolute atomic E-state index is 0.0497. The Labute approximate surface area is 126 Å². The van der Waals surface area contributed by atoms with Gasteiger partial charge in [0.2, 0.25) is 0 Å². The quantitative estimate of drug-likeness (QED) is 0.870. The van der Waals surface area contributed by atoms with Gasteiger partial charge in [-0.25, -0.2) is 0 Å². The van der Waals surface area contributed by atoms with E-state index in [1.165, 1.54) is 0 Å². The molecule has 3 nitrogen and oxygen atoms in total. The van der Waals surface area contributed by atoms with Crippen LogP contribution in [-0.2, 0) is 6.54 Å². The fraction of sp³-hybridized carbons (Fsp3) is 0.188. The Morgan fingerprint density at radius 3 is 2.65 bits per heavy atom. The summed E-state index contributed by atoms with van der Waals surface area (Å²) in [6.45, 7) is 2.29. The predicted octanol–water partition coefficient (Wildman–Crippen LogP) is 3.20. The molecular formula is C16H15BrN2O. The molecule has 0 saturated carbocycles. The number of nitrogens with zero attached hydrogens (tertiary/aromatic N) is 1. The summed E-state index contributed by atoms with van der Waals surface area (Å²) < 4.78 is 0.979. The number of carbonyl (C=O) groups excluding carboxylic acids is 1. The lowest BCUT2D eigenvalue weighted by atomic mass is 10.1. The maximum atomic E-state index is 12.7. The van der Waals surface area contributed by atoms with E-state index in [4.69, 9.17) is 0 Å². The van der Waals surface area contributed by atoms with E-state index < -0.39 is 0 Å². The summed E-state index contributed by atoms with van der Waals surface area (Å²) in [6.07, 6.45) is 0. The van der Waals surface area contributed by atoms with Crippen molar-refractivity contribution in [3.05, 3.63) is 64.1 Å². The van der Waals surface area contributed by atoms with Crippen LogP contribution in [0.2, 0.25) is 0 Å². The number of fused-ring (bicyclic) bond motifs is 1. The number of hydrogen-bond acceptors (Lipinski definition) is 2. The van der Waals surface area contributed by atoms with Crippen molar-refractivity contribution in [1.29, 1.82) is 0 Å². The van der Waals surface area contributed by atoms with Crippen molar-refractivity contribution in [2.24, 2.45) is 0 Å². The van der Waals surface area contributed by atoms with Crippen molar-refractivity contribution < 1.29 is 4.79 Å². The highest BCUT2D eigenvalue weighted by atomic mass is 79.9. The van der Waals surface area contributed by atoms with Crippen LogP contribution in [0.5, 0.6) is 0 Å². The zero-order valence-electron chi connectivity index (χ0n) is 11.0. The number of amides is 1. The summed E-state index contributed by atoms with van der Waals surface area (Å²) in [4.78, 5) is 14.6. The summed E-state index contributed by atoms with van der Waals surface area (Å²) in [5.41, 5.74) is 2.88. The van der Waals surface area contributed by atoms with Crippen molar-refractivity contribution in [3.63, 3.8) is 0 Å². The first-order valence-corrected chi connectivity index (χ1v) is 7.41. The number of para-hydroxylation sites is 1. The van der Waals surface area contributed by atoms with E-state index in [-0.39, 0.29) is 5.91 Å². The van der Waals surface area contributed by atoms with Crippen molar-refractivity contribution in [2.45, 2.75) is 6.54 Å². The predicted molar refractivity (Wildman–Crippen MR) is 84.0 cm³/mol. The number of halogens is 1. The molecular weight excluding hydrogens is 316 g/mol. The van der Waals surface area contributed by atoms with E-state index >= 15 is 0 Å². The second-order valence-corrected chi connectivity index (χ2v) is 5.68. The summed E-state index contributed by atoms with van der Waals surface area (Å²) >= 11 is 3.39. The van der Waals surface area contributed by atoms with Crippen LogP contribution in [0.25, 0.3) is 0 Å². The van der Waals surface area contributed by atoms with Crippen LogP contribution in [0.1, 0.15) is 15.9 Å². The van der Waals surface area contributed by atoms with Gasteiger partial charge >= 0.3 is 0 Å². The lowest BCUT2D eigenvalue weighted by Gasteiger charge is -2.22. The third-order valence-corrected chi connectivity index (χ3v) is 3.98. The van der Waals surface area contributed by atoms with E-state index in [1.807, 2.05) is 47.4 Å². The second-order valence-electron chi connectivity index (χ2n) is 4.77. The second kappa shape index (κ2) is 5.77. The van der Waals surface area contributed by atoms with E-state index in [1.54, 1.807) is 0 Å². The molecule has 0 spiro atoms. The van der Waals surface area contributed by atoms with Gasteiger partial charge in [0.25, 0.3) is 5.91 Å². The molecule has 0 unspecified atom stereocenters. The minimum Gasteiger partial charge on any atom is -0.311 e. The highest BCUT2D eigenvalue weighted by molar-refractivity contribution is 9.10. The molecule has 0 aliphatic carbocycles. The van der Waals surface area contributed by atoms with Gasteiger partial charge in [0.1, 0.15) is 0 Å². The van der Waals surface area contributed by atoms with Gasteiger partial charge < -0.3 is 10.2 Å². The van der Waals surface area contributed by atoms with Crippen LogP contribution in [0.15, 0.2) is 53.0 Å². The van der Waals surface area contributed by atoms with Gasteiger partial charge in [-0.2, -0.15) is 0 Å². The Bertz CT molecular complexity index is 625. The summed E-state index contributed by atoms with van der Waals surface area (Å²) in [7, 11) is 0. The Morgan fingerprint density at radius 2 is 1.85 bits per heavy atom. The Morgan fingerprint density at radius 1 is 1.10 bits per heavy atom. The third kappa shape index (κ3) is 2.62. The lowest BCUT2D eigenvalue weighted by molar-refractivity contribution is 0.0987. The lowest BCUT2D eigenvalue weighted by Crippen LogP contribution is -2.34. The van der Waals surface area contributed by atoms with Gasteiger partial charge in [-0.3, -0.25) is 4.79 Å². The molecule has 1 heterocycles. The topological polar surface area (TPSA) is 32.3 Å². The molecule has 0 radical (unpaired) electrons. The van der Waals surface area contributed by atoms with Gasteiger partial charge in [0, 0.05) is 35.4 Å². The highest BCUT2D eigenvalue weighted by Gasteiger charge is 2.21. The fourth-order valence-corrected chi connectivity index (χ4v) is 2.68. The standard InChI is InChI=1S/C16H15BrN2O/c17-14-7-5-12(6-8-14)16(20)19-10-9-18-11-13-3-1-2-4-15(13)19/h1-8,18H,9-11H2. The van der Waals surface area contributed by atoms with E-state index in [0.29, 0.717) is 12.1 Å².